The molecular formula is C17H23ClN3O2+. The predicted molar refractivity (Wildman–Crippen MR) is 93.6 cm³/mol. The Kier molecular flexibility index (Phi) is 5.80. The average molecular weight is 337 g/mol. The fourth-order valence-electron chi connectivity index (χ4n) is 2.43. The zero-order valence-corrected chi connectivity index (χ0v) is 14.8. The number of ether oxygens (including phenoxy) is 1. The van der Waals surface area contributed by atoms with Crippen molar-refractivity contribution in [1.29, 1.82) is 0 Å². The van der Waals surface area contributed by atoms with Gasteiger partial charge in [0.25, 0.3) is 0 Å². The second kappa shape index (κ2) is 7.62. The van der Waals surface area contributed by atoms with Crippen LogP contribution < -0.4 is 10.2 Å². The van der Waals surface area contributed by atoms with Crippen molar-refractivity contribution >= 4 is 34.2 Å². The van der Waals surface area contributed by atoms with Gasteiger partial charge in [-0.25, -0.2) is 4.79 Å². The number of rotatable bonds is 6. The second-order valence-corrected chi connectivity index (χ2v) is 6.21. The minimum Gasteiger partial charge on any atom is -0.462 e. The number of benzene rings is 1. The summed E-state index contributed by atoms with van der Waals surface area (Å²) in [6.07, 6.45) is 1.58. The van der Waals surface area contributed by atoms with E-state index in [1.165, 1.54) is 4.90 Å². The van der Waals surface area contributed by atoms with Crippen LogP contribution in [-0.2, 0) is 4.74 Å². The van der Waals surface area contributed by atoms with E-state index in [2.05, 4.69) is 24.4 Å². The molecule has 0 aliphatic heterocycles. The lowest BCUT2D eigenvalue weighted by molar-refractivity contribution is -0.856. The SMILES string of the molecule is CCOC(=O)c1cnc2c(C)cc(Cl)cc2c1NCC[NH+](C)C. The number of fused-ring (bicyclic) bond motifs is 1. The Balaban J connectivity index is 2.53. The van der Waals surface area contributed by atoms with Crippen LogP contribution in [0.4, 0.5) is 5.69 Å². The second-order valence-electron chi connectivity index (χ2n) is 5.77. The minimum atomic E-state index is -0.376. The largest absolute Gasteiger partial charge is 0.462 e. The molecule has 1 aromatic heterocycles. The Labute approximate surface area is 141 Å². The molecule has 6 heteroatoms. The fraction of sp³-hybridized carbons (Fsp3) is 0.412. The molecule has 0 aliphatic rings. The quantitative estimate of drug-likeness (QED) is 0.791. The molecule has 0 atom stereocenters. The summed E-state index contributed by atoms with van der Waals surface area (Å²) in [7, 11) is 4.17. The summed E-state index contributed by atoms with van der Waals surface area (Å²) in [4.78, 5) is 18.0. The molecule has 1 heterocycles. The molecule has 0 radical (unpaired) electrons. The first kappa shape index (κ1) is 17.5. The molecule has 2 aromatic rings. The van der Waals surface area contributed by atoms with Gasteiger partial charge in [-0.2, -0.15) is 0 Å². The van der Waals surface area contributed by atoms with Crippen LogP contribution in [0.25, 0.3) is 10.9 Å². The van der Waals surface area contributed by atoms with Crippen molar-refractivity contribution in [3.8, 4) is 0 Å². The van der Waals surface area contributed by atoms with Gasteiger partial charge in [0.05, 0.1) is 45.0 Å². The lowest BCUT2D eigenvalue weighted by Crippen LogP contribution is -3.06. The molecule has 0 unspecified atom stereocenters. The van der Waals surface area contributed by atoms with Crippen molar-refractivity contribution in [1.82, 2.24) is 4.98 Å². The van der Waals surface area contributed by atoms with Crippen LogP contribution in [-0.4, -0.2) is 44.7 Å². The monoisotopic (exact) mass is 336 g/mol. The van der Waals surface area contributed by atoms with Gasteiger partial charge in [-0.3, -0.25) is 4.98 Å². The Morgan fingerprint density at radius 1 is 1.39 bits per heavy atom. The van der Waals surface area contributed by atoms with Gasteiger partial charge in [0, 0.05) is 16.6 Å². The number of esters is 1. The molecule has 0 saturated heterocycles. The van der Waals surface area contributed by atoms with Crippen molar-refractivity contribution in [2.24, 2.45) is 0 Å². The average Bonchev–Trinajstić information content (AvgIpc) is 2.47. The third-order valence-electron chi connectivity index (χ3n) is 3.55. The molecule has 0 saturated carbocycles. The molecule has 0 bridgehead atoms. The van der Waals surface area contributed by atoms with Gasteiger partial charge < -0.3 is 15.0 Å². The van der Waals surface area contributed by atoms with Gasteiger partial charge in [0.1, 0.15) is 5.56 Å². The van der Waals surface area contributed by atoms with E-state index >= 15 is 0 Å². The number of hydrogen-bond acceptors (Lipinski definition) is 4. The van der Waals surface area contributed by atoms with E-state index in [-0.39, 0.29) is 5.97 Å². The van der Waals surface area contributed by atoms with Gasteiger partial charge in [-0.15, -0.1) is 0 Å². The maximum Gasteiger partial charge on any atom is 0.341 e. The summed E-state index contributed by atoms with van der Waals surface area (Å²) in [5.74, 6) is -0.376. The third-order valence-corrected chi connectivity index (χ3v) is 3.77. The number of nitrogens with zero attached hydrogens (tertiary/aromatic N) is 1. The fourth-order valence-corrected chi connectivity index (χ4v) is 2.70. The van der Waals surface area contributed by atoms with Crippen LogP contribution in [0.3, 0.4) is 0 Å². The van der Waals surface area contributed by atoms with Crippen molar-refractivity contribution < 1.29 is 14.4 Å². The normalized spacial score (nSPS) is 11.0. The van der Waals surface area contributed by atoms with Crippen molar-refractivity contribution in [2.45, 2.75) is 13.8 Å². The topological polar surface area (TPSA) is 55.7 Å². The summed E-state index contributed by atoms with van der Waals surface area (Å²) in [6.45, 7) is 5.73. The lowest BCUT2D eigenvalue weighted by Gasteiger charge is -2.16. The zero-order valence-electron chi connectivity index (χ0n) is 14.0. The maximum absolute atomic E-state index is 12.2. The highest BCUT2D eigenvalue weighted by atomic mass is 35.5. The van der Waals surface area contributed by atoms with Gasteiger partial charge in [-0.05, 0) is 31.5 Å². The number of carbonyl (C=O) groups excluding carboxylic acids is 1. The highest BCUT2D eigenvalue weighted by molar-refractivity contribution is 6.31. The van der Waals surface area contributed by atoms with Crippen LogP contribution in [0.1, 0.15) is 22.8 Å². The summed E-state index contributed by atoms with van der Waals surface area (Å²) in [5.41, 5.74) is 2.99. The van der Waals surface area contributed by atoms with Crippen LogP contribution in [0, 0.1) is 6.92 Å². The molecular weight excluding hydrogens is 314 g/mol. The first-order valence-corrected chi connectivity index (χ1v) is 8.10. The highest BCUT2D eigenvalue weighted by Gasteiger charge is 2.18. The number of aryl methyl sites for hydroxylation is 1. The Hall–Kier alpha value is -1.85. The number of hydrogen-bond donors (Lipinski definition) is 2. The number of carbonyl (C=O) groups is 1. The first-order valence-electron chi connectivity index (χ1n) is 7.73. The zero-order chi connectivity index (χ0) is 17.0. The van der Waals surface area contributed by atoms with E-state index in [9.17, 15) is 4.79 Å². The minimum absolute atomic E-state index is 0.326. The Bertz CT molecular complexity index is 717. The summed E-state index contributed by atoms with van der Waals surface area (Å²) >= 11 is 6.20. The van der Waals surface area contributed by atoms with E-state index in [0.29, 0.717) is 17.2 Å². The smallest absolute Gasteiger partial charge is 0.341 e. The summed E-state index contributed by atoms with van der Waals surface area (Å²) in [5, 5.41) is 4.83. The molecule has 5 nitrogen and oxygen atoms in total. The summed E-state index contributed by atoms with van der Waals surface area (Å²) in [6, 6.07) is 3.71. The number of nitrogens with one attached hydrogen (secondary N) is 2. The first-order chi connectivity index (χ1) is 10.9. The number of likely N-dealkylation sites (N-methyl/N-ethyl adjacent to an activating group) is 1. The van der Waals surface area contributed by atoms with Crippen molar-refractivity contribution in [2.75, 3.05) is 39.1 Å². The molecule has 23 heavy (non-hydrogen) atoms. The van der Waals surface area contributed by atoms with E-state index in [0.717, 1.165) is 35.2 Å². The van der Waals surface area contributed by atoms with Crippen LogP contribution in [0.15, 0.2) is 18.3 Å². The number of aromatic nitrogens is 1. The van der Waals surface area contributed by atoms with Crippen molar-refractivity contribution in [3.63, 3.8) is 0 Å². The van der Waals surface area contributed by atoms with Gasteiger partial charge >= 0.3 is 5.97 Å². The Morgan fingerprint density at radius 3 is 2.78 bits per heavy atom. The highest BCUT2D eigenvalue weighted by Crippen LogP contribution is 2.31. The van der Waals surface area contributed by atoms with Crippen molar-refractivity contribution in [3.05, 3.63) is 34.5 Å². The number of pyridine rings is 1. The van der Waals surface area contributed by atoms with Gasteiger partial charge in [0.2, 0.25) is 0 Å². The molecule has 0 spiro atoms. The lowest BCUT2D eigenvalue weighted by atomic mass is 10.1. The molecule has 2 N–H and O–H groups in total. The van der Waals surface area contributed by atoms with Gasteiger partial charge in [-0.1, -0.05) is 11.6 Å². The Morgan fingerprint density at radius 2 is 2.13 bits per heavy atom. The predicted octanol–water partition coefficient (Wildman–Crippen LogP) is 1.93. The molecule has 1 aromatic carbocycles. The molecule has 0 aliphatic carbocycles. The van der Waals surface area contributed by atoms with E-state index in [1.54, 1.807) is 13.1 Å². The molecule has 2 rings (SSSR count). The van der Waals surface area contributed by atoms with Crippen LogP contribution >= 0.6 is 11.6 Å². The number of halogens is 1. The van der Waals surface area contributed by atoms with Crippen LogP contribution in [0.2, 0.25) is 5.02 Å². The molecule has 124 valence electrons. The third kappa shape index (κ3) is 4.12. The van der Waals surface area contributed by atoms with E-state index in [4.69, 9.17) is 16.3 Å². The van der Waals surface area contributed by atoms with E-state index < -0.39 is 0 Å². The standard InChI is InChI=1S/C17H22ClN3O2/c1-5-23-17(22)14-10-20-15-11(2)8-12(18)9-13(15)16(14)19-6-7-21(3)4/h8-10H,5-7H2,1-4H3,(H,19,20)/p+1. The maximum atomic E-state index is 12.2. The van der Waals surface area contributed by atoms with Gasteiger partial charge in [0.15, 0.2) is 0 Å². The molecule has 0 amide bonds. The molecule has 0 fully saturated rings. The van der Waals surface area contributed by atoms with Crippen LogP contribution in [0.5, 0.6) is 0 Å². The van der Waals surface area contributed by atoms with E-state index in [1.807, 2.05) is 19.1 Å². The summed E-state index contributed by atoms with van der Waals surface area (Å²) < 4.78 is 5.15. The number of quaternary nitrogens is 1. The number of anilines is 1.